The lowest BCUT2D eigenvalue weighted by molar-refractivity contribution is -0.124. The first-order chi connectivity index (χ1) is 14.9. The molecule has 0 aliphatic carbocycles. The number of hydrogen-bond donors (Lipinski definition) is 1. The van der Waals surface area contributed by atoms with Crippen LogP contribution in [0.4, 0.5) is 17.1 Å². The van der Waals surface area contributed by atoms with E-state index >= 15 is 0 Å². The van der Waals surface area contributed by atoms with Crippen LogP contribution in [0.15, 0.2) is 22.1 Å². The number of amides is 1. The first-order valence-corrected chi connectivity index (χ1v) is 10.7. The zero-order valence-electron chi connectivity index (χ0n) is 18.7. The van der Waals surface area contributed by atoms with Gasteiger partial charge in [0.1, 0.15) is 17.4 Å². The average Bonchev–Trinajstić information content (AvgIpc) is 2.73. The molecular weight excluding hydrogens is 392 g/mol. The zero-order chi connectivity index (χ0) is 22.4. The predicted octanol–water partition coefficient (Wildman–Crippen LogP) is 2.67. The van der Waals surface area contributed by atoms with Gasteiger partial charge in [-0.3, -0.25) is 19.7 Å². The van der Waals surface area contributed by atoms with Crippen molar-refractivity contribution >= 4 is 35.9 Å². The lowest BCUT2D eigenvalue weighted by Gasteiger charge is -2.44. The highest BCUT2D eigenvalue weighted by Crippen LogP contribution is 2.43. The number of aliphatic imine (C=N–C) groups is 2. The van der Waals surface area contributed by atoms with E-state index < -0.39 is 0 Å². The van der Waals surface area contributed by atoms with Gasteiger partial charge in [0, 0.05) is 38.4 Å². The smallest absolute Gasteiger partial charge is 0.234 e. The highest BCUT2D eigenvalue weighted by Gasteiger charge is 2.35. The number of ether oxygens (including phenoxy) is 1. The molecule has 0 saturated carbocycles. The summed E-state index contributed by atoms with van der Waals surface area (Å²) in [7, 11) is 0. The van der Waals surface area contributed by atoms with Crippen molar-refractivity contribution in [3.8, 4) is 6.07 Å². The number of morpholine rings is 1. The third-order valence-electron chi connectivity index (χ3n) is 5.70. The Bertz CT molecular complexity index is 883. The Kier molecular flexibility index (Phi) is 7.42. The second-order valence-electron chi connectivity index (χ2n) is 8.89. The van der Waals surface area contributed by atoms with Gasteiger partial charge in [-0.05, 0) is 37.6 Å². The number of nitriles is 1. The summed E-state index contributed by atoms with van der Waals surface area (Å²) in [6, 6.07) is 5.87. The second kappa shape index (κ2) is 10.0. The summed E-state index contributed by atoms with van der Waals surface area (Å²) in [6.45, 7) is 14.7. The van der Waals surface area contributed by atoms with Crippen LogP contribution in [0.1, 0.15) is 32.8 Å². The number of rotatable bonds is 6. The van der Waals surface area contributed by atoms with Crippen molar-refractivity contribution in [2.24, 2.45) is 15.4 Å². The zero-order valence-corrected chi connectivity index (χ0v) is 18.7. The van der Waals surface area contributed by atoms with Crippen LogP contribution in [-0.4, -0.2) is 75.7 Å². The van der Waals surface area contributed by atoms with Crippen molar-refractivity contribution in [2.75, 3.05) is 50.8 Å². The summed E-state index contributed by atoms with van der Waals surface area (Å²) in [4.78, 5) is 25.7. The molecule has 166 valence electrons. The summed E-state index contributed by atoms with van der Waals surface area (Å²) >= 11 is 0. The van der Waals surface area contributed by atoms with Gasteiger partial charge in [-0.25, -0.2) is 0 Å². The Morgan fingerprint density at radius 2 is 2.13 bits per heavy atom. The van der Waals surface area contributed by atoms with Gasteiger partial charge in [-0.2, -0.15) is 5.26 Å². The Balaban J connectivity index is 1.81. The van der Waals surface area contributed by atoms with Crippen LogP contribution in [0.25, 0.3) is 0 Å². The lowest BCUT2D eigenvalue weighted by atomic mass is 9.81. The molecule has 0 spiro atoms. The Morgan fingerprint density at radius 3 is 2.77 bits per heavy atom. The lowest BCUT2D eigenvalue weighted by Crippen LogP contribution is -2.55. The number of carbonyl (C=O) groups is 1. The first kappa shape index (κ1) is 22.9. The quantitative estimate of drug-likeness (QED) is 0.709. The van der Waals surface area contributed by atoms with Crippen molar-refractivity contribution in [1.29, 1.82) is 5.26 Å². The fourth-order valence-corrected chi connectivity index (χ4v) is 4.49. The van der Waals surface area contributed by atoms with E-state index in [1.165, 1.54) is 0 Å². The molecular formula is C23H32N6O2. The number of nitrogens with zero attached hydrogens (tertiary/aromatic N) is 5. The monoisotopic (exact) mass is 424 g/mol. The van der Waals surface area contributed by atoms with E-state index in [9.17, 15) is 10.1 Å². The molecule has 3 rings (SSSR count). The SMILES string of the molecule is C=Nc1c(C#N)ccc(N2C[C@H](NC(=O)CN3CCOCC3)CC(C)(C)C2)c1/N=C\C. The number of hydrogen-bond acceptors (Lipinski definition) is 7. The van der Waals surface area contributed by atoms with Gasteiger partial charge in [0.15, 0.2) is 0 Å². The van der Waals surface area contributed by atoms with Crippen molar-refractivity contribution in [3.63, 3.8) is 0 Å². The van der Waals surface area contributed by atoms with Gasteiger partial charge >= 0.3 is 0 Å². The molecule has 2 aliphatic heterocycles. The number of benzene rings is 1. The van der Waals surface area contributed by atoms with Crippen molar-refractivity contribution in [2.45, 2.75) is 33.2 Å². The first-order valence-electron chi connectivity index (χ1n) is 10.7. The highest BCUT2D eigenvalue weighted by molar-refractivity contribution is 5.86. The van der Waals surface area contributed by atoms with Crippen LogP contribution in [0.5, 0.6) is 0 Å². The van der Waals surface area contributed by atoms with E-state index in [4.69, 9.17) is 4.74 Å². The Hall–Kier alpha value is -2.76. The summed E-state index contributed by atoms with van der Waals surface area (Å²) in [6.07, 6.45) is 2.60. The summed E-state index contributed by atoms with van der Waals surface area (Å²) in [5.74, 6) is 0.0460. The van der Waals surface area contributed by atoms with Crippen molar-refractivity contribution in [1.82, 2.24) is 10.2 Å². The third-order valence-corrected chi connectivity index (χ3v) is 5.70. The highest BCUT2D eigenvalue weighted by atomic mass is 16.5. The maximum Gasteiger partial charge on any atom is 0.234 e. The molecule has 2 heterocycles. The van der Waals surface area contributed by atoms with E-state index in [2.05, 4.69) is 51.7 Å². The van der Waals surface area contributed by atoms with E-state index in [1.54, 1.807) is 12.3 Å². The predicted molar refractivity (Wildman–Crippen MR) is 124 cm³/mol. The van der Waals surface area contributed by atoms with Crippen molar-refractivity contribution in [3.05, 3.63) is 17.7 Å². The van der Waals surface area contributed by atoms with Crippen LogP contribution in [-0.2, 0) is 9.53 Å². The molecule has 31 heavy (non-hydrogen) atoms. The molecule has 2 aliphatic rings. The molecule has 2 saturated heterocycles. The van der Waals surface area contributed by atoms with Crippen LogP contribution >= 0.6 is 0 Å². The molecule has 0 unspecified atom stereocenters. The fraction of sp³-hybridized carbons (Fsp3) is 0.565. The minimum atomic E-state index is -0.00195. The molecule has 8 heteroatoms. The third kappa shape index (κ3) is 5.69. The molecule has 1 aromatic rings. The molecule has 1 atom stereocenters. The molecule has 1 amide bonds. The molecule has 2 fully saturated rings. The van der Waals surface area contributed by atoms with E-state index in [1.807, 2.05) is 13.0 Å². The van der Waals surface area contributed by atoms with E-state index in [0.717, 1.165) is 31.7 Å². The minimum Gasteiger partial charge on any atom is -0.379 e. The van der Waals surface area contributed by atoms with E-state index in [-0.39, 0.29) is 17.4 Å². The number of nitrogens with one attached hydrogen (secondary N) is 1. The standard InChI is InChI=1S/C23H32N6O2/c1-5-26-22-19(7-6-17(13-24)21(22)25-4)29-14-18(12-23(2,3)16-29)27-20(30)15-28-8-10-31-11-9-28/h5-7,18H,4,8-12,14-16H2,1-3H3,(H,27,30)/b26-5-/t18-/m1/s1. The van der Waals surface area contributed by atoms with Gasteiger partial charge in [0.25, 0.3) is 0 Å². The van der Waals surface area contributed by atoms with Crippen LogP contribution in [0.3, 0.4) is 0 Å². The fourth-order valence-electron chi connectivity index (χ4n) is 4.49. The molecule has 1 aromatic carbocycles. The largest absolute Gasteiger partial charge is 0.379 e. The topological polar surface area (TPSA) is 93.3 Å². The second-order valence-corrected chi connectivity index (χ2v) is 8.89. The number of carbonyl (C=O) groups excluding carboxylic acids is 1. The molecule has 8 nitrogen and oxygen atoms in total. The normalized spacial score (nSPS) is 21.6. The maximum atomic E-state index is 12.7. The van der Waals surface area contributed by atoms with Gasteiger partial charge in [-0.15, -0.1) is 0 Å². The van der Waals surface area contributed by atoms with E-state index in [0.29, 0.717) is 43.2 Å². The van der Waals surface area contributed by atoms with Crippen LogP contribution in [0.2, 0.25) is 0 Å². The molecule has 0 radical (unpaired) electrons. The molecule has 1 N–H and O–H groups in total. The van der Waals surface area contributed by atoms with Crippen LogP contribution < -0.4 is 10.2 Å². The van der Waals surface area contributed by atoms with Crippen LogP contribution in [0, 0.1) is 16.7 Å². The number of anilines is 1. The van der Waals surface area contributed by atoms with Gasteiger partial charge in [-0.1, -0.05) is 13.8 Å². The number of piperidine rings is 1. The van der Waals surface area contributed by atoms with Crippen molar-refractivity contribution < 1.29 is 9.53 Å². The maximum absolute atomic E-state index is 12.7. The molecule has 0 bridgehead atoms. The minimum absolute atomic E-state index is 0.00195. The van der Waals surface area contributed by atoms with Gasteiger partial charge < -0.3 is 15.0 Å². The Morgan fingerprint density at radius 1 is 1.39 bits per heavy atom. The van der Waals surface area contributed by atoms with Gasteiger partial charge in [0.2, 0.25) is 5.91 Å². The molecule has 0 aromatic heterocycles. The summed E-state index contributed by atoms with van der Waals surface area (Å²) < 4.78 is 5.36. The Labute approximate surface area is 184 Å². The summed E-state index contributed by atoms with van der Waals surface area (Å²) in [5, 5.41) is 12.7. The average molecular weight is 425 g/mol. The summed E-state index contributed by atoms with van der Waals surface area (Å²) in [5.41, 5.74) is 2.49. The van der Waals surface area contributed by atoms with Gasteiger partial charge in [0.05, 0.1) is 31.0 Å².